The summed E-state index contributed by atoms with van der Waals surface area (Å²) in [5, 5.41) is 20.5. The number of fused-ring (bicyclic) bond motifs is 2. The number of phenolic OH excluding ortho intramolecular Hbond substituents is 1. The third-order valence-electron chi connectivity index (χ3n) is 6.56. The number of aromatic hydroxyl groups is 1. The van der Waals surface area contributed by atoms with Crippen molar-refractivity contribution in [1.29, 1.82) is 0 Å². The summed E-state index contributed by atoms with van der Waals surface area (Å²) in [6, 6.07) is 22.7. The minimum absolute atomic E-state index is 0.0956. The Morgan fingerprint density at radius 3 is 2.54 bits per heavy atom. The first-order valence-electron chi connectivity index (χ1n) is 11.8. The van der Waals surface area contributed by atoms with Crippen molar-refractivity contribution in [2.45, 2.75) is 39.7 Å². The van der Waals surface area contributed by atoms with E-state index in [1.807, 2.05) is 92.0 Å². The second-order valence-electron chi connectivity index (χ2n) is 8.95. The molecule has 176 valence electrons. The summed E-state index contributed by atoms with van der Waals surface area (Å²) in [5.41, 5.74) is 6.28. The second-order valence-corrected chi connectivity index (χ2v) is 8.95. The molecule has 0 saturated heterocycles. The van der Waals surface area contributed by atoms with Crippen molar-refractivity contribution >= 4 is 22.3 Å². The molecule has 2 aromatic heterocycles. The van der Waals surface area contributed by atoms with Crippen LogP contribution in [0.25, 0.3) is 16.4 Å². The van der Waals surface area contributed by atoms with Gasteiger partial charge in [-0.3, -0.25) is 4.79 Å². The van der Waals surface area contributed by atoms with Crippen LogP contribution in [-0.2, 0) is 11.2 Å². The molecule has 5 aromatic rings. The van der Waals surface area contributed by atoms with Gasteiger partial charge in [0, 0.05) is 29.4 Å². The van der Waals surface area contributed by atoms with Crippen molar-refractivity contribution in [2.75, 3.05) is 0 Å². The van der Waals surface area contributed by atoms with Crippen molar-refractivity contribution in [1.82, 2.24) is 19.9 Å². The Morgan fingerprint density at radius 2 is 1.74 bits per heavy atom. The van der Waals surface area contributed by atoms with E-state index in [4.69, 9.17) is 0 Å². The molecule has 0 aliphatic heterocycles. The zero-order valence-corrected chi connectivity index (χ0v) is 20.1. The number of hydrogen-bond donors (Lipinski definition) is 2. The van der Waals surface area contributed by atoms with E-state index < -0.39 is 6.04 Å². The van der Waals surface area contributed by atoms with Crippen LogP contribution < -0.4 is 5.32 Å². The standard InChI is InChI=1S/C29H28N4O2/c1-18-17-26-30-19(2)23(20(3)33(26)32-18)14-16-27(35)31-29(22-10-5-4-6-11-22)28-24-12-8-7-9-21(24)13-15-25(28)34/h4-13,15,17,29,34H,14,16H2,1-3H3,(H,31,35). The number of benzene rings is 3. The fourth-order valence-corrected chi connectivity index (χ4v) is 4.83. The molecule has 1 atom stereocenters. The van der Waals surface area contributed by atoms with Crippen LogP contribution in [0.3, 0.4) is 0 Å². The van der Waals surface area contributed by atoms with Crippen LogP contribution in [0.2, 0.25) is 0 Å². The lowest BCUT2D eigenvalue weighted by Gasteiger charge is -2.23. The van der Waals surface area contributed by atoms with E-state index in [1.165, 1.54) is 0 Å². The quantitative estimate of drug-likeness (QED) is 0.355. The Labute approximate surface area is 204 Å². The summed E-state index contributed by atoms with van der Waals surface area (Å²) in [5.74, 6) is 0.0648. The molecule has 0 aliphatic carbocycles. The molecule has 0 spiro atoms. The molecule has 2 heterocycles. The molecule has 0 aliphatic rings. The Kier molecular flexibility index (Phi) is 5.95. The van der Waals surface area contributed by atoms with Gasteiger partial charge in [0.25, 0.3) is 0 Å². The maximum Gasteiger partial charge on any atom is 0.221 e. The number of hydrogen-bond acceptors (Lipinski definition) is 4. The van der Waals surface area contributed by atoms with Gasteiger partial charge in [-0.15, -0.1) is 0 Å². The highest BCUT2D eigenvalue weighted by atomic mass is 16.3. The van der Waals surface area contributed by atoms with Crippen LogP contribution in [0.5, 0.6) is 5.75 Å². The maximum absolute atomic E-state index is 13.3. The zero-order chi connectivity index (χ0) is 24.5. The number of nitrogens with one attached hydrogen (secondary N) is 1. The van der Waals surface area contributed by atoms with E-state index in [-0.39, 0.29) is 11.7 Å². The fraction of sp³-hybridized carbons (Fsp3) is 0.207. The molecule has 0 bridgehead atoms. The average molecular weight is 465 g/mol. The lowest BCUT2D eigenvalue weighted by Crippen LogP contribution is -2.30. The number of phenols is 1. The minimum atomic E-state index is -0.480. The smallest absolute Gasteiger partial charge is 0.221 e. The summed E-state index contributed by atoms with van der Waals surface area (Å²) in [6.45, 7) is 5.94. The third-order valence-corrected chi connectivity index (χ3v) is 6.56. The molecule has 2 N–H and O–H groups in total. The normalized spacial score (nSPS) is 12.2. The first-order chi connectivity index (χ1) is 16.9. The molecule has 1 unspecified atom stereocenters. The topological polar surface area (TPSA) is 79.5 Å². The number of amides is 1. The molecule has 0 radical (unpaired) electrons. The number of nitrogens with zero attached hydrogens (tertiary/aromatic N) is 3. The van der Waals surface area contributed by atoms with Gasteiger partial charge in [0.1, 0.15) is 5.75 Å². The van der Waals surface area contributed by atoms with E-state index in [9.17, 15) is 9.90 Å². The predicted octanol–water partition coefficient (Wildman–Crippen LogP) is 5.35. The van der Waals surface area contributed by atoms with Gasteiger partial charge >= 0.3 is 0 Å². The van der Waals surface area contributed by atoms with Crippen LogP contribution in [0.4, 0.5) is 0 Å². The highest BCUT2D eigenvalue weighted by molar-refractivity contribution is 5.89. The SMILES string of the molecule is Cc1cc2nc(C)c(CCC(=O)NC(c3ccccc3)c3c(O)ccc4ccccc34)c(C)n2n1. The summed E-state index contributed by atoms with van der Waals surface area (Å²) in [7, 11) is 0. The van der Waals surface area contributed by atoms with Gasteiger partial charge in [-0.1, -0.05) is 60.7 Å². The summed E-state index contributed by atoms with van der Waals surface area (Å²) < 4.78 is 1.84. The number of aromatic nitrogens is 3. The van der Waals surface area contributed by atoms with Crippen LogP contribution in [0, 0.1) is 20.8 Å². The van der Waals surface area contributed by atoms with E-state index in [0.29, 0.717) is 18.4 Å². The Hall–Kier alpha value is -4.19. The van der Waals surface area contributed by atoms with E-state index >= 15 is 0 Å². The molecule has 5 rings (SSSR count). The Morgan fingerprint density at radius 1 is 1.00 bits per heavy atom. The number of carbonyl (C=O) groups excluding carboxylic acids is 1. The van der Waals surface area contributed by atoms with Crippen LogP contribution in [0.1, 0.15) is 46.2 Å². The van der Waals surface area contributed by atoms with Crippen LogP contribution in [-0.4, -0.2) is 25.6 Å². The lowest BCUT2D eigenvalue weighted by molar-refractivity contribution is -0.121. The molecular formula is C29H28N4O2. The number of aryl methyl sites for hydroxylation is 3. The molecule has 1 amide bonds. The predicted molar refractivity (Wildman–Crippen MR) is 138 cm³/mol. The van der Waals surface area contributed by atoms with E-state index in [2.05, 4.69) is 15.4 Å². The lowest BCUT2D eigenvalue weighted by atomic mass is 9.92. The maximum atomic E-state index is 13.3. The highest BCUT2D eigenvalue weighted by Crippen LogP contribution is 2.36. The zero-order valence-electron chi connectivity index (χ0n) is 20.1. The van der Waals surface area contributed by atoms with Gasteiger partial charge < -0.3 is 10.4 Å². The van der Waals surface area contributed by atoms with Crippen molar-refractivity contribution in [2.24, 2.45) is 0 Å². The van der Waals surface area contributed by atoms with Gasteiger partial charge in [-0.25, -0.2) is 9.50 Å². The summed E-state index contributed by atoms with van der Waals surface area (Å²) in [6.07, 6.45) is 0.846. The Bertz CT molecular complexity index is 1540. The molecule has 0 fully saturated rings. The summed E-state index contributed by atoms with van der Waals surface area (Å²) >= 11 is 0. The van der Waals surface area contributed by atoms with Gasteiger partial charge in [-0.05, 0) is 55.2 Å². The summed E-state index contributed by atoms with van der Waals surface area (Å²) in [4.78, 5) is 17.9. The molecule has 0 saturated carbocycles. The van der Waals surface area contributed by atoms with Crippen molar-refractivity contribution in [3.05, 3.63) is 107 Å². The highest BCUT2D eigenvalue weighted by Gasteiger charge is 2.23. The number of carbonyl (C=O) groups is 1. The largest absolute Gasteiger partial charge is 0.508 e. The molecule has 6 heteroatoms. The van der Waals surface area contributed by atoms with Crippen molar-refractivity contribution in [3.8, 4) is 5.75 Å². The minimum Gasteiger partial charge on any atom is -0.508 e. The van der Waals surface area contributed by atoms with Crippen molar-refractivity contribution in [3.63, 3.8) is 0 Å². The first kappa shape index (κ1) is 22.6. The van der Waals surface area contributed by atoms with Crippen molar-refractivity contribution < 1.29 is 9.90 Å². The third kappa shape index (κ3) is 4.35. The average Bonchev–Trinajstić information content (AvgIpc) is 3.23. The van der Waals surface area contributed by atoms with E-state index in [0.717, 1.165) is 44.6 Å². The second kappa shape index (κ2) is 9.22. The first-order valence-corrected chi connectivity index (χ1v) is 11.8. The van der Waals surface area contributed by atoms with Crippen LogP contribution in [0.15, 0.2) is 72.8 Å². The van der Waals surface area contributed by atoms with Gasteiger partial charge in [0.15, 0.2) is 5.65 Å². The van der Waals surface area contributed by atoms with Gasteiger partial charge in [0.05, 0.1) is 11.7 Å². The van der Waals surface area contributed by atoms with Gasteiger partial charge in [-0.2, -0.15) is 5.10 Å². The molecule has 35 heavy (non-hydrogen) atoms. The fourth-order valence-electron chi connectivity index (χ4n) is 4.83. The molecule has 3 aromatic carbocycles. The molecular weight excluding hydrogens is 436 g/mol. The van der Waals surface area contributed by atoms with E-state index in [1.54, 1.807) is 6.07 Å². The van der Waals surface area contributed by atoms with Gasteiger partial charge in [0.2, 0.25) is 5.91 Å². The Balaban J connectivity index is 1.45. The molecule has 6 nitrogen and oxygen atoms in total. The number of rotatable bonds is 6. The monoisotopic (exact) mass is 464 g/mol. The van der Waals surface area contributed by atoms with Crippen LogP contribution >= 0.6 is 0 Å².